The van der Waals surface area contributed by atoms with Gasteiger partial charge in [0.1, 0.15) is 0 Å². The van der Waals surface area contributed by atoms with Crippen LogP contribution in [0.15, 0.2) is 0 Å². The summed E-state index contributed by atoms with van der Waals surface area (Å²) in [5.74, 6) is 1.10. The zero-order valence-electron chi connectivity index (χ0n) is 10.4. The fraction of sp³-hybridized carbons (Fsp3) is 1.00. The molecule has 0 aromatic heterocycles. The number of hydrogen-bond acceptors (Lipinski definition) is 5. The lowest BCUT2D eigenvalue weighted by atomic mass is 10.3. The maximum Gasteiger partial charge on any atom is 0.0935 e. The molecule has 1 aliphatic rings. The monoisotopic (exact) mass is 248 g/mol. The van der Waals surface area contributed by atoms with Crippen LogP contribution in [0.1, 0.15) is 6.42 Å². The van der Waals surface area contributed by atoms with E-state index in [9.17, 15) is 0 Å². The molecular formula is C11H24N2O2S. The molecular weight excluding hydrogens is 224 g/mol. The Hall–Kier alpha value is 0.190. The lowest BCUT2D eigenvalue weighted by molar-refractivity contribution is -0.0646. The standard InChI is InChI=1S/C11H24N2O2S/c1-12-4-3-6-14-9-11-8-13(10-16-2)5-7-15-11/h11-12H,3-10H2,1-2H3/t11-/m0/s1. The predicted molar refractivity (Wildman–Crippen MR) is 69.1 cm³/mol. The normalized spacial score (nSPS) is 22.5. The van der Waals surface area contributed by atoms with Crippen molar-refractivity contribution in [3.63, 3.8) is 0 Å². The van der Waals surface area contributed by atoms with Crippen LogP contribution in [0.3, 0.4) is 0 Å². The summed E-state index contributed by atoms with van der Waals surface area (Å²) >= 11 is 1.87. The summed E-state index contributed by atoms with van der Waals surface area (Å²) in [5, 5.41) is 3.11. The van der Waals surface area contributed by atoms with Crippen LogP contribution in [0.25, 0.3) is 0 Å². The van der Waals surface area contributed by atoms with Crippen LogP contribution in [0, 0.1) is 0 Å². The Bertz CT molecular complexity index is 170. The average molecular weight is 248 g/mol. The van der Waals surface area contributed by atoms with E-state index < -0.39 is 0 Å². The van der Waals surface area contributed by atoms with Gasteiger partial charge in [0.25, 0.3) is 0 Å². The third kappa shape index (κ3) is 6.06. The summed E-state index contributed by atoms with van der Waals surface area (Å²) in [6.45, 7) is 5.47. The molecule has 16 heavy (non-hydrogen) atoms. The molecule has 1 saturated heterocycles. The van der Waals surface area contributed by atoms with E-state index in [0.717, 1.165) is 51.8 Å². The molecule has 0 aliphatic carbocycles. The van der Waals surface area contributed by atoms with Crippen LogP contribution in [0.5, 0.6) is 0 Å². The molecule has 0 aromatic carbocycles. The third-order valence-corrected chi connectivity index (χ3v) is 3.18. The highest BCUT2D eigenvalue weighted by Crippen LogP contribution is 2.08. The quantitative estimate of drug-likeness (QED) is 0.637. The highest BCUT2D eigenvalue weighted by atomic mass is 32.2. The van der Waals surface area contributed by atoms with Gasteiger partial charge in [0.05, 0.1) is 19.3 Å². The Balaban J connectivity index is 2.02. The zero-order chi connectivity index (χ0) is 11.6. The lowest BCUT2D eigenvalue weighted by Crippen LogP contribution is -2.44. The summed E-state index contributed by atoms with van der Waals surface area (Å²) in [4.78, 5) is 2.43. The fourth-order valence-corrected chi connectivity index (χ4v) is 2.35. The molecule has 0 spiro atoms. The van der Waals surface area contributed by atoms with Crippen molar-refractivity contribution in [2.45, 2.75) is 12.5 Å². The van der Waals surface area contributed by atoms with Gasteiger partial charge < -0.3 is 14.8 Å². The van der Waals surface area contributed by atoms with Gasteiger partial charge in [0, 0.05) is 25.6 Å². The van der Waals surface area contributed by atoms with Crippen molar-refractivity contribution in [3.8, 4) is 0 Å². The number of nitrogens with one attached hydrogen (secondary N) is 1. The van der Waals surface area contributed by atoms with Crippen molar-refractivity contribution in [1.82, 2.24) is 10.2 Å². The van der Waals surface area contributed by atoms with Crippen molar-refractivity contribution in [2.75, 3.05) is 58.6 Å². The van der Waals surface area contributed by atoms with Gasteiger partial charge in [-0.2, -0.15) is 0 Å². The first kappa shape index (κ1) is 14.3. The highest BCUT2D eigenvalue weighted by molar-refractivity contribution is 7.98. The first-order valence-electron chi connectivity index (χ1n) is 5.92. The molecule has 0 radical (unpaired) electrons. The van der Waals surface area contributed by atoms with Crippen LogP contribution in [0.4, 0.5) is 0 Å². The molecule has 1 heterocycles. The van der Waals surface area contributed by atoms with E-state index in [1.165, 1.54) is 0 Å². The summed E-state index contributed by atoms with van der Waals surface area (Å²) in [5.41, 5.74) is 0. The van der Waals surface area contributed by atoms with E-state index in [1.54, 1.807) is 0 Å². The Morgan fingerprint density at radius 1 is 1.56 bits per heavy atom. The summed E-state index contributed by atoms with van der Waals surface area (Å²) in [6, 6.07) is 0. The minimum Gasteiger partial charge on any atom is -0.379 e. The number of nitrogens with zero attached hydrogens (tertiary/aromatic N) is 1. The Morgan fingerprint density at radius 3 is 3.19 bits per heavy atom. The fourth-order valence-electron chi connectivity index (χ4n) is 1.75. The largest absolute Gasteiger partial charge is 0.379 e. The smallest absolute Gasteiger partial charge is 0.0935 e. The second-order valence-electron chi connectivity index (χ2n) is 4.02. The van der Waals surface area contributed by atoms with E-state index in [1.807, 2.05) is 18.8 Å². The number of ether oxygens (including phenoxy) is 2. The topological polar surface area (TPSA) is 33.7 Å². The summed E-state index contributed by atoms with van der Waals surface area (Å²) in [6.07, 6.45) is 3.46. The Kier molecular flexibility index (Phi) is 8.23. The molecule has 0 bridgehead atoms. The van der Waals surface area contributed by atoms with Gasteiger partial charge in [-0.15, -0.1) is 11.8 Å². The maximum absolute atomic E-state index is 5.67. The summed E-state index contributed by atoms with van der Waals surface area (Å²) in [7, 11) is 1.96. The van der Waals surface area contributed by atoms with E-state index >= 15 is 0 Å². The minimum atomic E-state index is 0.260. The van der Waals surface area contributed by atoms with E-state index in [0.29, 0.717) is 0 Å². The van der Waals surface area contributed by atoms with Crippen molar-refractivity contribution in [2.24, 2.45) is 0 Å². The van der Waals surface area contributed by atoms with Gasteiger partial charge >= 0.3 is 0 Å². The van der Waals surface area contributed by atoms with Crippen molar-refractivity contribution < 1.29 is 9.47 Å². The van der Waals surface area contributed by atoms with Crippen molar-refractivity contribution in [1.29, 1.82) is 0 Å². The van der Waals surface area contributed by atoms with Crippen LogP contribution >= 0.6 is 11.8 Å². The maximum atomic E-state index is 5.67. The van der Waals surface area contributed by atoms with E-state index in [4.69, 9.17) is 9.47 Å². The van der Waals surface area contributed by atoms with E-state index in [2.05, 4.69) is 16.5 Å². The SMILES string of the molecule is CNCCCOC[C@@H]1CN(CSC)CCO1. The third-order valence-electron chi connectivity index (χ3n) is 2.55. The first-order chi connectivity index (χ1) is 7.86. The van der Waals surface area contributed by atoms with Crippen LogP contribution < -0.4 is 5.32 Å². The second-order valence-corrected chi connectivity index (χ2v) is 4.86. The van der Waals surface area contributed by atoms with Crippen LogP contribution in [-0.2, 0) is 9.47 Å². The highest BCUT2D eigenvalue weighted by Gasteiger charge is 2.19. The zero-order valence-corrected chi connectivity index (χ0v) is 11.2. The number of morpholine rings is 1. The molecule has 4 nitrogen and oxygen atoms in total. The number of rotatable bonds is 8. The Labute approximate surface area is 103 Å². The first-order valence-corrected chi connectivity index (χ1v) is 7.31. The molecule has 0 saturated carbocycles. The van der Waals surface area contributed by atoms with Crippen molar-refractivity contribution >= 4 is 11.8 Å². The molecule has 1 atom stereocenters. The van der Waals surface area contributed by atoms with E-state index in [-0.39, 0.29) is 6.10 Å². The molecule has 0 amide bonds. The van der Waals surface area contributed by atoms with Gasteiger partial charge in [-0.25, -0.2) is 0 Å². The average Bonchev–Trinajstić information content (AvgIpc) is 2.30. The van der Waals surface area contributed by atoms with Gasteiger partial charge in [-0.1, -0.05) is 0 Å². The number of thioether (sulfide) groups is 1. The van der Waals surface area contributed by atoms with Gasteiger partial charge in [-0.3, -0.25) is 4.90 Å². The molecule has 1 fully saturated rings. The second kappa shape index (κ2) is 9.24. The molecule has 1 aliphatic heterocycles. The minimum absolute atomic E-state index is 0.260. The molecule has 96 valence electrons. The number of hydrogen-bond donors (Lipinski definition) is 1. The van der Waals surface area contributed by atoms with Gasteiger partial charge in [0.2, 0.25) is 0 Å². The predicted octanol–water partition coefficient (Wildman–Crippen LogP) is 0.634. The molecule has 0 unspecified atom stereocenters. The van der Waals surface area contributed by atoms with Gasteiger partial charge in [-0.05, 0) is 26.3 Å². The molecule has 1 rings (SSSR count). The summed E-state index contributed by atoms with van der Waals surface area (Å²) < 4.78 is 11.3. The van der Waals surface area contributed by atoms with Crippen LogP contribution in [-0.4, -0.2) is 69.6 Å². The van der Waals surface area contributed by atoms with Crippen LogP contribution in [0.2, 0.25) is 0 Å². The van der Waals surface area contributed by atoms with Crippen molar-refractivity contribution in [3.05, 3.63) is 0 Å². The molecule has 1 N–H and O–H groups in total. The molecule has 0 aromatic rings. The lowest BCUT2D eigenvalue weighted by Gasteiger charge is -2.32. The Morgan fingerprint density at radius 2 is 2.44 bits per heavy atom. The molecule has 5 heteroatoms. The van der Waals surface area contributed by atoms with Gasteiger partial charge in [0.15, 0.2) is 0 Å².